The van der Waals surface area contributed by atoms with Gasteiger partial charge in [-0.1, -0.05) is 66.7 Å². The summed E-state index contributed by atoms with van der Waals surface area (Å²) in [6, 6.07) is 20.0. The van der Waals surface area contributed by atoms with Crippen molar-refractivity contribution in [2.45, 2.75) is 6.54 Å². The van der Waals surface area contributed by atoms with Crippen molar-refractivity contribution in [2.24, 2.45) is 0 Å². The summed E-state index contributed by atoms with van der Waals surface area (Å²) in [5.41, 5.74) is 2.52. The molecule has 4 heteroatoms. The highest BCUT2D eigenvalue weighted by Gasteiger charge is 2.13. The lowest BCUT2D eigenvalue weighted by atomic mass is 10.2. The molecule has 0 bridgehead atoms. The van der Waals surface area contributed by atoms with Gasteiger partial charge >= 0.3 is 5.97 Å². The minimum Gasteiger partial charge on any atom is -0.464 e. The third kappa shape index (κ3) is 3.79. The van der Waals surface area contributed by atoms with Gasteiger partial charge in [0.15, 0.2) is 5.69 Å². The number of carbonyl (C=O) groups is 1. The van der Waals surface area contributed by atoms with E-state index < -0.39 is 5.97 Å². The molecule has 0 fully saturated rings. The summed E-state index contributed by atoms with van der Waals surface area (Å²) >= 11 is 0. The predicted octanol–water partition coefficient (Wildman–Crippen LogP) is 3.89. The lowest BCUT2D eigenvalue weighted by Crippen LogP contribution is -2.01. The first-order valence-corrected chi connectivity index (χ1v) is 7.69. The molecule has 120 valence electrons. The van der Waals surface area contributed by atoms with E-state index in [4.69, 9.17) is 4.74 Å². The quantitative estimate of drug-likeness (QED) is 0.670. The lowest BCUT2D eigenvalue weighted by Gasteiger charge is -2.05. The number of nitrogens with zero attached hydrogens (tertiary/aromatic N) is 2. The molecule has 0 aliphatic heterocycles. The van der Waals surface area contributed by atoms with E-state index in [1.165, 1.54) is 7.11 Å². The van der Waals surface area contributed by atoms with Crippen molar-refractivity contribution in [2.75, 3.05) is 7.11 Å². The van der Waals surface area contributed by atoms with Gasteiger partial charge in [-0.2, -0.15) is 0 Å². The van der Waals surface area contributed by atoms with Crippen molar-refractivity contribution in [1.29, 1.82) is 0 Å². The highest BCUT2D eigenvalue weighted by atomic mass is 16.5. The second-order valence-corrected chi connectivity index (χ2v) is 5.33. The number of esters is 1. The van der Waals surface area contributed by atoms with Gasteiger partial charge in [-0.25, -0.2) is 9.78 Å². The monoisotopic (exact) mass is 318 g/mol. The summed E-state index contributed by atoms with van der Waals surface area (Å²) in [5.74, 6) is 0.277. The van der Waals surface area contributed by atoms with Gasteiger partial charge in [0.2, 0.25) is 0 Å². The summed E-state index contributed by atoms with van der Waals surface area (Å²) in [4.78, 5) is 16.2. The fourth-order valence-corrected chi connectivity index (χ4v) is 2.41. The van der Waals surface area contributed by atoms with E-state index in [-0.39, 0.29) is 0 Å². The summed E-state index contributed by atoms with van der Waals surface area (Å²) in [6.45, 7) is 0.638. The maximum atomic E-state index is 11.8. The zero-order valence-corrected chi connectivity index (χ0v) is 13.4. The first kappa shape index (κ1) is 15.7. The van der Waals surface area contributed by atoms with Crippen LogP contribution in [0.15, 0.2) is 66.9 Å². The molecule has 2 aromatic carbocycles. The van der Waals surface area contributed by atoms with E-state index in [1.807, 2.05) is 77.4 Å². The minimum atomic E-state index is -0.434. The molecule has 0 amide bonds. The standard InChI is InChI=1S/C20H18N2O2/c1-24-20(23)18-15-22(14-17-10-6-3-7-11-17)19(21-18)13-12-16-8-4-2-5-9-16/h2-13,15H,14H2,1H3/b13-12+. The minimum absolute atomic E-state index is 0.307. The topological polar surface area (TPSA) is 44.1 Å². The zero-order valence-electron chi connectivity index (χ0n) is 13.4. The van der Waals surface area contributed by atoms with Gasteiger partial charge < -0.3 is 9.30 Å². The molecule has 3 rings (SSSR count). The van der Waals surface area contributed by atoms with Gasteiger partial charge in [-0.15, -0.1) is 0 Å². The van der Waals surface area contributed by atoms with Crippen LogP contribution in [0.5, 0.6) is 0 Å². The Hall–Kier alpha value is -3.14. The molecule has 0 N–H and O–H groups in total. The van der Waals surface area contributed by atoms with Gasteiger partial charge in [0.25, 0.3) is 0 Å². The third-order valence-corrected chi connectivity index (χ3v) is 3.62. The molecule has 0 saturated heterocycles. The highest BCUT2D eigenvalue weighted by molar-refractivity contribution is 5.87. The first-order chi connectivity index (χ1) is 11.8. The number of methoxy groups -OCH3 is 1. The summed E-state index contributed by atoms with van der Waals surface area (Å²) in [7, 11) is 1.36. The van der Waals surface area contributed by atoms with Gasteiger partial charge in [0.05, 0.1) is 7.11 Å². The predicted molar refractivity (Wildman–Crippen MR) is 94.5 cm³/mol. The molecule has 0 unspecified atom stereocenters. The summed E-state index contributed by atoms with van der Waals surface area (Å²) < 4.78 is 6.72. The maximum absolute atomic E-state index is 11.8. The molecule has 0 spiro atoms. The second kappa shape index (κ2) is 7.42. The summed E-state index contributed by atoms with van der Waals surface area (Å²) in [6.07, 6.45) is 5.61. The van der Waals surface area contributed by atoms with Crippen LogP contribution in [0.25, 0.3) is 12.2 Å². The average Bonchev–Trinajstić information content (AvgIpc) is 3.04. The average molecular weight is 318 g/mol. The Labute approximate surface area is 141 Å². The number of hydrogen-bond donors (Lipinski definition) is 0. The van der Waals surface area contributed by atoms with E-state index in [0.29, 0.717) is 18.1 Å². The highest BCUT2D eigenvalue weighted by Crippen LogP contribution is 2.13. The molecular formula is C20H18N2O2. The smallest absolute Gasteiger partial charge is 0.358 e. The van der Waals surface area contributed by atoms with Crippen LogP contribution >= 0.6 is 0 Å². The van der Waals surface area contributed by atoms with Crippen LogP contribution in [-0.4, -0.2) is 22.6 Å². The molecule has 1 heterocycles. The van der Waals surface area contributed by atoms with Crippen molar-refractivity contribution >= 4 is 18.1 Å². The third-order valence-electron chi connectivity index (χ3n) is 3.62. The van der Waals surface area contributed by atoms with Crippen LogP contribution in [-0.2, 0) is 11.3 Å². The van der Waals surface area contributed by atoms with E-state index in [2.05, 4.69) is 4.98 Å². The molecule has 24 heavy (non-hydrogen) atoms. The van der Waals surface area contributed by atoms with Crippen molar-refractivity contribution in [1.82, 2.24) is 9.55 Å². The molecule has 0 radical (unpaired) electrons. The number of carbonyl (C=O) groups excluding carboxylic acids is 1. The Morgan fingerprint density at radius 1 is 1.04 bits per heavy atom. The molecule has 1 aromatic heterocycles. The Morgan fingerprint density at radius 2 is 1.71 bits per heavy atom. The van der Waals surface area contributed by atoms with Crippen LogP contribution in [0.3, 0.4) is 0 Å². The van der Waals surface area contributed by atoms with Crippen LogP contribution in [0.1, 0.15) is 27.4 Å². The van der Waals surface area contributed by atoms with Crippen LogP contribution < -0.4 is 0 Å². The van der Waals surface area contributed by atoms with Crippen molar-refractivity contribution in [3.05, 3.63) is 89.5 Å². The van der Waals surface area contributed by atoms with E-state index in [0.717, 1.165) is 11.1 Å². The van der Waals surface area contributed by atoms with E-state index in [9.17, 15) is 4.79 Å². The molecule has 0 atom stereocenters. The number of aromatic nitrogens is 2. The fourth-order valence-electron chi connectivity index (χ4n) is 2.41. The van der Waals surface area contributed by atoms with Crippen molar-refractivity contribution < 1.29 is 9.53 Å². The largest absolute Gasteiger partial charge is 0.464 e. The molecule has 0 aliphatic carbocycles. The van der Waals surface area contributed by atoms with E-state index >= 15 is 0 Å². The number of rotatable bonds is 5. The number of imidazole rings is 1. The Balaban J connectivity index is 1.92. The maximum Gasteiger partial charge on any atom is 0.358 e. The molecule has 0 aliphatic rings. The summed E-state index contributed by atoms with van der Waals surface area (Å²) in [5, 5.41) is 0. The van der Waals surface area contributed by atoms with Crippen LogP contribution in [0.2, 0.25) is 0 Å². The SMILES string of the molecule is COC(=O)c1cn(Cc2ccccc2)c(/C=C/c2ccccc2)n1. The normalized spacial score (nSPS) is 10.9. The van der Waals surface area contributed by atoms with Gasteiger partial charge in [-0.05, 0) is 17.2 Å². The van der Waals surface area contributed by atoms with E-state index in [1.54, 1.807) is 6.20 Å². The van der Waals surface area contributed by atoms with Crippen molar-refractivity contribution in [3.8, 4) is 0 Å². The van der Waals surface area contributed by atoms with Gasteiger partial charge in [-0.3, -0.25) is 0 Å². The Kier molecular flexibility index (Phi) is 4.87. The Bertz CT molecular complexity index is 837. The zero-order chi connectivity index (χ0) is 16.8. The number of ether oxygens (including phenoxy) is 1. The number of hydrogen-bond acceptors (Lipinski definition) is 3. The molecule has 3 aromatic rings. The fraction of sp³-hybridized carbons (Fsp3) is 0.100. The van der Waals surface area contributed by atoms with Gasteiger partial charge in [0, 0.05) is 12.7 Å². The Morgan fingerprint density at radius 3 is 2.38 bits per heavy atom. The lowest BCUT2D eigenvalue weighted by molar-refractivity contribution is 0.0594. The number of benzene rings is 2. The molecular weight excluding hydrogens is 300 g/mol. The van der Waals surface area contributed by atoms with Crippen molar-refractivity contribution in [3.63, 3.8) is 0 Å². The second-order valence-electron chi connectivity index (χ2n) is 5.33. The van der Waals surface area contributed by atoms with Crippen LogP contribution in [0.4, 0.5) is 0 Å². The molecule has 4 nitrogen and oxygen atoms in total. The van der Waals surface area contributed by atoms with Crippen LogP contribution in [0, 0.1) is 0 Å². The van der Waals surface area contributed by atoms with Gasteiger partial charge in [0.1, 0.15) is 5.82 Å². The first-order valence-electron chi connectivity index (χ1n) is 7.69. The molecule has 0 saturated carbocycles.